The van der Waals surface area contributed by atoms with Crippen molar-refractivity contribution < 1.29 is 8.42 Å². The number of piperidine rings is 1. The van der Waals surface area contributed by atoms with Crippen LogP contribution in [0.2, 0.25) is 0 Å². The highest BCUT2D eigenvalue weighted by molar-refractivity contribution is 7.89. The molecule has 0 radical (unpaired) electrons. The Bertz CT molecular complexity index is 1040. The highest BCUT2D eigenvalue weighted by Gasteiger charge is 2.27. The van der Waals surface area contributed by atoms with Gasteiger partial charge in [0.2, 0.25) is 16.0 Å². The van der Waals surface area contributed by atoms with Crippen LogP contribution in [0.25, 0.3) is 11.0 Å². The van der Waals surface area contributed by atoms with Gasteiger partial charge in [-0.2, -0.15) is 4.98 Å². The van der Waals surface area contributed by atoms with Crippen molar-refractivity contribution in [3.05, 3.63) is 28.7 Å². The van der Waals surface area contributed by atoms with Crippen molar-refractivity contribution >= 4 is 27.0 Å². The fourth-order valence-corrected chi connectivity index (χ4v) is 5.75. The van der Waals surface area contributed by atoms with Gasteiger partial charge in [-0.05, 0) is 38.7 Å². The van der Waals surface area contributed by atoms with E-state index in [0.29, 0.717) is 37.5 Å². The summed E-state index contributed by atoms with van der Waals surface area (Å²) in [6.07, 6.45) is 9.95. The molecule has 2 aliphatic rings. The standard InChI is InChI=1S/C21H31N5O3S/c1-2-30(28,29)25-13-11-17(12-14-25)23-21-22-15-16-9-10-19(27)26(20(16)24-21)18-7-5-3-4-6-8-18/h9-10,15,17-18H,2-8,11-14H2,1H3,(H,22,23,24). The number of hydrogen-bond donors (Lipinski definition) is 1. The molecule has 1 N–H and O–H groups in total. The molecule has 0 amide bonds. The average Bonchev–Trinajstić information content (AvgIpc) is 3.03. The topological polar surface area (TPSA) is 97.2 Å². The van der Waals surface area contributed by atoms with Crippen molar-refractivity contribution in [1.82, 2.24) is 18.8 Å². The molecule has 1 saturated heterocycles. The molecule has 0 aromatic carbocycles. The van der Waals surface area contributed by atoms with Crippen molar-refractivity contribution in [2.75, 3.05) is 24.2 Å². The molecule has 164 valence electrons. The Kier molecular flexibility index (Phi) is 6.38. The highest BCUT2D eigenvalue weighted by atomic mass is 32.2. The number of rotatable bonds is 5. The maximum absolute atomic E-state index is 12.7. The number of nitrogens with one attached hydrogen (secondary N) is 1. The van der Waals surface area contributed by atoms with Crippen LogP contribution in [-0.4, -0.2) is 52.1 Å². The van der Waals surface area contributed by atoms with E-state index in [4.69, 9.17) is 4.98 Å². The molecular weight excluding hydrogens is 402 g/mol. The van der Waals surface area contributed by atoms with Crippen LogP contribution in [0.15, 0.2) is 23.1 Å². The van der Waals surface area contributed by atoms with E-state index in [-0.39, 0.29) is 23.4 Å². The van der Waals surface area contributed by atoms with E-state index in [1.54, 1.807) is 29.6 Å². The van der Waals surface area contributed by atoms with Gasteiger partial charge in [0.15, 0.2) is 0 Å². The fourth-order valence-electron chi connectivity index (χ4n) is 4.62. The average molecular weight is 434 g/mol. The molecule has 1 aliphatic carbocycles. The lowest BCUT2D eigenvalue weighted by molar-refractivity contribution is 0.329. The van der Waals surface area contributed by atoms with E-state index in [1.165, 1.54) is 12.8 Å². The number of anilines is 1. The molecule has 2 aromatic rings. The molecule has 0 spiro atoms. The van der Waals surface area contributed by atoms with Crippen molar-refractivity contribution in [2.24, 2.45) is 0 Å². The SMILES string of the molecule is CCS(=O)(=O)N1CCC(Nc2ncc3ccc(=O)n(C4CCCCCC4)c3n2)CC1. The summed E-state index contributed by atoms with van der Waals surface area (Å²) in [5.41, 5.74) is 0.690. The zero-order valence-corrected chi connectivity index (χ0v) is 18.4. The predicted octanol–water partition coefficient (Wildman–Crippen LogP) is 2.91. The molecule has 0 unspecified atom stereocenters. The molecule has 1 saturated carbocycles. The van der Waals surface area contributed by atoms with E-state index in [9.17, 15) is 13.2 Å². The lowest BCUT2D eigenvalue weighted by atomic mass is 10.1. The minimum absolute atomic E-state index is 0.00266. The first kappa shape index (κ1) is 21.2. The first-order chi connectivity index (χ1) is 14.5. The van der Waals surface area contributed by atoms with Gasteiger partial charge in [0, 0.05) is 42.8 Å². The second kappa shape index (κ2) is 9.01. The molecule has 8 nitrogen and oxygen atoms in total. The maximum Gasteiger partial charge on any atom is 0.252 e. The van der Waals surface area contributed by atoms with Gasteiger partial charge < -0.3 is 5.32 Å². The number of nitrogens with zero attached hydrogens (tertiary/aromatic N) is 4. The summed E-state index contributed by atoms with van der Waals surface area (Å²) < 4.78 is 27.5. The number of hydrogen-bond acceptors (Lipinski definition) is 6. The van der Waals surface area contributed by atoms with Crippen LogP contribution in [0.4, 0.5) is 5.95 Å². The van der Waals surface area contributed by atoms with Gasteiger partial charge in [0.1, 0.15) is 5.65 Å². The summed E-state index contributed by atoms with van der Waals surface area (Å²) in [4.78, 5) is 21.9. The normalized spacial score (nSPS) is 20.3. The minimum Gasteiger partial charge on any atom is -0.351 e. The number of fused-ring (bicyclic) bond motifs is 1. The van der Waals surface area contributed by atoms with Crippen molar-refractivity contribution in [3.8, 4) is 0 Å². The van der Waals surface area contributed by atoms with Crippen molar-refractivity contribution in [3.63, 3.8) is 0 Å². The quantitative estimate of drug-likeness (QED) is 0.728. The Labute approximate surface area is 177 Å². The van der Waals surface area contributed by atoms with E-state index < -0.39 is 10.0 Å². The van der Waals surface area contributed by atoms with E-state index in [2.05, 4.69) is 10.3 Å². The minimum atomic E-state index is -3.14. The van der Waals surface area contributed by atoms with Crippen LogP contribution >= 0.6 is 0 Å². The maximum atomic E-state index is 12.7. The van der Waals surface area contributed by atoms with Crippen LogP contribution in [0.1, 0.15) is 64.3 Å². The third-order valence-electron chi connectivity index (χ3n) is 6.40. The Morgan fingerprint density at radius 2 is 1.77 bits per heavy atom. The Morgan fingerprint density at radius 3 is 2.43 bits per heavy atom. The molecule has 3 heterocycles. The van der Waals surface area contributed by atoms with E-state index >= 15 is 0 Å². The predicted molar refractivity (Wildman–Crippen MR) is 118 cm³/mol. The molecule has 0 atom stereocenters. The molecule has 0 bridgehead atoms. The highest BCUT2D eigenvalue weighted by Crippen LogP contribution is 2.28. The van der Waals surface area contributed by atoms with Gasteiger partial charge in [0.05, 0.1) is 5.75 Å². The molecule has 2 fully saturated rings. The van der Waals surface area contributed by atoms with E-state index in [0.717, 1.165) is 31.1 Å². The van der Waals surface area contributed by atoms with Gasteiger partial charge in [-0.25, -0.2) is 17.7 Å². The third-order valence-corrected chi connectivity index (χ3v) is 8.28. The van der Waals surface area contributed by atoms with Crippen LogP contribution in [-0.2, 0) is 10.0 Å². The summed E-state index contributed by atoms with van der Waals surface area (Å²) >= 11 is 0. The summed E-state index contributed by atoms with van der Waals surface area (Å²) in [5, 5.41) is 4.23. The first-order valence-electron chi connectivity index (χ1n) is 11.1. The number of pyridine rings is 1. The number of aromatic nitrogens is 3. The van der Waals surface area contributed by atoms with Crippen molar-refractivity contribution in [2.45, 2.75) is 70.4 Å². The first-order valence-corrected chi connectivity index (χ1v) is 12.7. The smallest absolute Gasteiger partial charge is 0.252 e. The zero-order valence-electron chi connectivity index (χ0n) is 17.6. The van der Waals surface area contributed by atoms with Gasteiger partial charge in [-0.1, -0.05) is 25.7 Å². The Balaban J connectivity index is 1.55. The zero-order chi connectivity index (χ0) is 21.1. The fraction of sp³-hybridized carbons (Fsp3) is 0.667. The molecule has 1 aliphatic heterocycles. The molecule has 30 heavy (non-hydrogen) atoms. The largest absolute Gasteiger partial charge is 0.351 e. The molecule has 2 aromatic heterocycles. The lowest BCUT2D eigenvalue weighted by Gasteiger charge is -2.31. The molecule has 9 heteroatoms. The van der Waals surface area contributed by atoms with Crippen LogP contribution in [0.3, 0.4) is 0 Å². The summed E-state index contributed by atoms with van der Waals surface area (Å²) in [6, 6.07) is 3.72. The van der Waals surface area contributed by atoms with E-state index in [1.807, 2.05) is 4.57 Å². The van der Waals surface area contributed by atoms with Gasteiger partial charge in [0.25, 0.3) is 5.56 Å². The van der Waals surface area contributed by atoms with Crippen LogP contribution < -0.4 is 10.9 Å². The summed E-state index contributed by atoms with van der Waals surface area (Å²) in [5.74, 6) is 0.643. The van der Waals surface area contributed by atoms with Crippen LogP contribution in [0, 0.1) is 0 Å². The number of sulfonamides is 1. The third kappa shape index (κ3) is 4.51. The molecular formula is C21H31N5O3S. The van der Waals surface area contributed by atoms with Crippen LogP contribution in [0.5, 0.6) is 0 Å². The summed E-state index contributed by atoms with van der Waals surface area (Å²) in [6.45, 7) is 2.69. The lowest BCUT2D eigenvalue weighted by Crippen LogP contribution is -2.43. The second-order valence-electron chi connectivity index (χ2n) is 8.38. The monoisotopic (exact) mass is 433 g/mol. The molecule has 4 rings (SSSR count). The summed E-state index contributed by atoms with van der Waals surface area (Å²) in [7, 11) is -3.14. The van der Waals surface area contributed by atoms with Gasteiger partial charge in [-0.15, -0.1) is 0 Å². The van der Waals surface area contributed by atoms with Gasteiger partial charge >= 0.3 is 0 Å². The Hall–Kier alpha value is -2.00. The van der Waals surface area contributed by atoms with Crippen molar-refractivity contribution in [1.29, 1.82) is 0 Å². The second-order valence-corrected chi connectivity index (χ2v) is 10.6. The Morgan fingerprint density at radius 1 is 1.07 bits per heavy atom. The van der Waals surface area contributed by atoms with Gasteiger partial charge in [-0.3, -0.25) is 9.36 Å².